The highest BCUT2D eigenvalue weighted by molar-refractivity contribution is 5.97. The Morgan fingerprint density at radius 1 is 1.33 bits per heavy atom. The standard InChI is InChI=1S/C10H16O2/c1-6-5-7(2)10(12-4)8(3)9(6)11/h6-7H,5H2,1-4H3. The first-order valence-corrected chi connectivity index (χ1v) is 4.37. The molecule has 0 aromatic carbocycles. The number of Topliss-reactive ketones (excluding diaryl/α,β-unsaturated/α-hetero) is 1. The summed E-state index contributed by atoms with van der Waals surface area (Å²) in [6.45, 7) is 5.94. The summed E-state index contributed by atoms with van der Waals surface area (Å²) < 4.78 is 5.19. The van der Waals surface area contributed by atoms with Crippen LogP contribution in [-0.4, -0.2) is 12.9 Å². The van der Waals surface area contributed by atoms with Crippen molar-refractivity contribution in [1.29, 1.82) is 0 Å². The second-order valence-corrected chi connectivity index (χ2v) is 3.60. The van der Waals surface area contributed by atoms with Crippen LogP contribution < -0.4 is 0 Å². The number of rotatable bonds is 1. The van der Waals surface area contributed by atoms with E-state index in [9.17, 15) is 4.79 Å². The number of carbonyl (C=O) groups excluding carboxylic acids is 1. The van der Waals surface area contributed by atoms with E-state index >= 15 is 0 Å². The zero-order valence-electron chi connectivity index (χ0n) is 8.18. The molecular weight excluding hydrogens is 152 g/mol. The number of hydrogen-bond donors (Lipinski definition) is 0. The van der Waals surface area contributed by atoms with Crippen LogP contribution in [0.3, 0.4) is 0 Å². The number of ether oxygens (including phenoxy) is 1. The fourth-order valence-electron chi connectivity index (χ4n) is 1.96. The Labute approximate surface area is 73.6 Å². The minimum absolute atomic E-state index is 0.166. The summed E-state index contributed by atoms with van der Waals surface area (Å²) in [5.74, 6) is 1.67. The summed E-state index contributed by atoms with van der Waals surface area (Å²) in [4.78, 5) is 11.5. The van der Waals surface area contributed by atoms with Gasteiger partial charge in [0.2, 0.25) is 0 Å². The van der Waals surface area contributed by atoms with E-state index in [1.165, 1.54) is 0 Å². The lowest BCUT2D eigenvalue weighted by atomic mass is 9.82. The first-order chi connectivity index (χ1) is 5.57. The van der Waals surface area contributed by atoms with E-state index in [2.05, 4.69) is 6.92 Å². The third kappa shape index (κ3) is 1.38. The van der Waals surface area contributed by atoms with Gasteiger partial charge in [-0.3, -0.25) is 4.79 Å². The third-order valence-electron chi connectivity index (χ3n) is 2.56. The zero-order chi connectivity index (χ0) is 9.30. The van der Waals surface area contributed by atoms with Crippen LogP contribution in [0.2, 0.25) is 0 Å². The van der Waals surface area contributed by atoms with Crippen molar-refractivity contribution >= 4 is 5.78 Å². The molecule has 1 rings (SSSR count). The van der Waals surface area contributed by atoms with Gasteiger partial charge in [-0.15, -0.1) is 0 Å². The van der Waals surface area contributed by atoms with Crippen LogP contribution in [0, 0.1) is 11.8 Å². The van der Waals surface area contributed by atoms with Gasteiger partial charge in [-0.05, 0) is 13.3 Å². The predicted octanol–water partition coefficient (Wildman–Crippen LogP) is 2.15. The van der Waals surface area contributed by atoms with E-state index in [4.69, 9.17) is 4.74 Å². The predicted molar refractivity (Wildman–Crippen MR) is 47.7 cm³/mol. The van der Waals surface area contributed by atoms with Crippen molar-refractivity contribution in [2.75, 3.05) is 7.11 Å². The van der Waals surface area contributed by atoms with Crippen molar-refractivity contribution < 1.29 is 9.53 Å². The summed E-state index contributed by atoms with van der Waals surface area (Å²) in [5.41, 5.74) is 0.809. The molecule has 12 heavy (non-hydrogen) atoms. The molecule has 68 valence electrons. The number of carbonyl (C=O) groups is 1. The molecule has 1 aliphatic carbocycles. The largest absolute Gasteiger partial charge is 0.500 e. The maximum absolute atomic E-state index is 11.5. The van der Waals surface area contributed by atoms with Gasteiger partial charge in [-0.2, -0.15) is 0 Å². The molecule has 1 aliphatic rings. The second-order valence-electron chi connectivity index (χ2n) is 3.60. The lowest BCUT2D eigenvalue weighted by molar-refractivity contribution is -0.120. The third-order valence-corrected chi connectivity index (χ3v) is 2.56. The monoisotopic (exact) mass is 168 g/mol. The van der Waals surface area contributed by atoms with Crippen LogP contribution in [0.4, 0.5) is 0 Å². The van der Waals surface area contributed by atoms with Gasteiger partial charge in [0, 0.05) is 17.4 Å². The molecule has 2 nitrogen and oxygen atoms in total. The van der Waals surface area contributed by atoms with Gasteiger partial charge in [0.05, 0.1) is 7.11 Å². The maximum atomic E-state index is 11.5. The van der Waals surface area contributed by atoms with Crippen molar-refractivity contribution in [3.63, 3.8) is 0 Å². The SMILES string of the molecule is COC1=C(C)C(=O)C(C)CC1C. The van der Waals surface area contributed by atoms with Crippen LogP contribution >= 0.6 is 0 Å². The Kier molecular flexibility index (Phi) is 2.55. The number of allylic oxidation sites excluding steroid dienone is 2. The zero-order valence-corrected chi connectivity index (χ0v) is 8.18. The lowest BCUT2D eigenvalue weighted by Crippen LogP contribution is -2.24. The van der Waals surface area contributed by atoms with Crippen molar-refractivity contribution in [2.24, 2.45) is 11.8 Å². The average Bonchev–Trinajstić information content (AvgIpc) is 2.01. The van der Waals surface area contributed by atoms with Crippen molar-refractivity contribution in [3.05, 3.63) is 11.3 Å². The summed E-state index contributed by atoms with van der Waals surface area (Å²) in [7, 11) is 1.64. The van der Waals surface area contributed by atoms with Crippen LogP contribution in [0.5, 0.6) is 0 Å². The van der Waals surface area contributed by atoms with Gasteiger partial charge >= 0.3 is 0 Å². The molecule has 0 aliphatic heterocycles. The molecule has 0 bridgehead atoms. The van der Waals surface area contributed by atoms with Gasteiger partial charge < -0.3 is 4.74 Å². The molecule has 0 aromatic heterocycles. The fourth-order valence-corrected chi connectivity index (χ4v) is 1.96. The molecule has 0 saturated heterocycles. The van der Waals surface area contributed by atoms with Crippen molar-refractivity contribution in [2.45, 2.75) is 27.2 Å². The maximum Gasteiger partial charge on any atom is 0.164 e. The van der Waals surface area contributed by atoms with E-state index in [1.54, 1.807) is 7.11 Å². The van der Waals surface area contributed by atoms with Gasteiger partial charge in [-0.1, -0.05) is 13.8 Å². The Balaban J connectivity index is 2.99. The number of hydrogen-bond acceptors (Lipinski definition) is 2. The summed E-state index contributed by atoms with van der Waals surface area (Å²) >= 11 is 0. The Morgan fingerprint density at radius 2 is 1.92 bits per heavy atom. The summed E-state index contributed by atoms with van der Waals surface area (Å²) in [6, 6.07) is 0. The smallest absolute Gasteiger partial charge is 0.164 e. The number of ketones is 1. The molecule has 0 N–H and O–H groups in total. The van der Waals surface area contributed by atoms with Crippen molar-refractivity contribution in [3.8, 4) is 0 Å². The molecule has 0 heterocycles. The van der Waals surface area contributed by atoms with Gasteiger partial charge in [0.1, 0.15) is 5.76 Å². The minimum atomic E-state index is 0.166. The molecule has 0 fully saturated rings. The average molecular weight is 168 g/mol. The van der Waals surface area contributed by atoms with Crippen molar-refractivity contribution in [1.82, 2.24) is 0 Å². The van der Waals surface area contributed by atoms with E-state index in [-0.39, 0.29) is 11.7 Å². The van der Waals surface area contributed by atoms with Crippen LogP contribution in [0.1, 0.15) is 27.2 Å². The van der Waals surface area contributed by atoms with Crippen LogP contribution in [-0.2, 0) is 9.53 Å². The Hall–Kier alpha value is -0.790. The number of methoxy groups -OCH3 is 1. The molecule has 0 aromatic rings. The van der Waals surface area contributed by atoms with Crippen LogP contribution in [0.15, 0.2) is 11.3 Å². The molecular formula is C10H16O2. The quantitative estimate of drug-likeness (QED) is 0.599. The highest BCUT2D eigenvalue weighted by Gasteiger charge is 2.29. The Morgan fingerprint density at radius 3 is 2.42 bits per heavy atom. The fraction of sp³-hybridized carbons (Fsp3) is 0.700. The summed E-state index contributed by atoms with van der Waals surface area (Å²) in [6.07, 6.45) is 0.916. The van der Waals surface area contributed by atoms with E-state index in [0.29, 0.717) is 5.92 Å². The summed E-state index contributed by atoms with van der Waals surface area (Å²) in [5, 5.41) is 0. The molecule has 2 heteroatoms. The van der Waals surface area contributed by atoms with Crippen LogP contribution in [0.25, 0.3) is 0 Å². The molecule has 0 amide bonds. The first-order valence-electron chi connectivity index (χ1n) is 4.37. The normalized spacial score (nSPS) is 30.8. The van der Waals surface area contributed by atoms with E-state index in [1.807, 2.05) is 13.8 Å². The molecule has 0 radical (unpaired) electrons. The topological polar surface area (TPSA) is 26.3 Å². The van der Waals surface area contributed by atoms with Gasteiger partial charge in [0.25, 0.3) is 0 Å². The molecule has 2 atom stereocenters. The van der Waals surface area contributed by atoms with Gasteiger partial charge in [0.15, 0.2) is 5.78 Å². The Bertz CT molecular complexity index is 228. The first kappa shape index (κ1) is 9.30. The van der Waals surface area contributed by atoms with E-state index < -0.39 is 0 Å². The minimum Gasteiger partial charge on any atom is -0.500 e. The molecule has 0 spiro atoms. The second kappa shape index (κ2) is 3.30. The van der Waals surface area contributed by atoms with Gasteiger partial charge in [-0.25, -0.2) is 0 Å². The highest BCUT2D eigenvalue weighted by atomic mass is 16.5. The lowest BCUT2D eigenvalue weighted by Gasteiger charge is -2.26. The van der Waals surface area contributed by atoms with E-state index in [0.717, 1.165) is 17.8 Å². The highest BCUT2D eigenvalue weighted by Crippen LogP contribution is 2.31. The molecule has 0 saturated carbocycles. The molecule has 2 unspecified atom stereocenters.